The second-order valence-corrected chi connectivity index (χ2v) is 4.25. The number of ether oxygens (including phenoxy) is 2. The van der Waals surface area contributed by atoms with E-state index in [-0.39, 0.29) is 6.61 Å². The number of nitrogens with zero attached hydrogens (tertiary/aromatic N) is 3. The van der Waals surface area contributed by atoms with Crippen molar-refractivity contribution in [2.75, 3.05) is 20.8 Å². The van der Waals surface area contributed by atoms with Gasteiger partial charge in [-0.15, -0.1) is 5.10 Å². The van der Waals surface area contributed by atoms with Crippen molar-refractivity contribution in [1.29, 1.82) is 0 Å². The lowest BCUT2D eigenvalue weighted by Gasteiger charge is -2.16. The number of carbonyl (C=O) groups is 1. The minimum Gasteiger partial charge on any atom is -0.468 e. The Labute approximate surface area is 122 Å². The zero-order chi connectivity index (χ0) is 15.1. The zero-order valence-corrected chi connectivity index (χ0v) is 12.3. The molecule has 1 aromatic rings. The van der Waals surface area contributed by atoms with Crippen LogP contribution in [-0.4, -0.2) is 42.6 Å². The fraction of sp³-hybridized carbons (Fsp3) is 0.308. The summed E-state index contributed by atoms with van der Waals surface area (Å²) in [6.07, 6.45) is 1.53. The standard InChI is InChI=1S/C13H16ClN3O3/c1-9(12-6-5-11(14)7-15-12)17(3)16-10(2)20-8-13(18)19-4/h5-7H,1,8H2,2-4H3/b16-10+. The first-order chi connectivity index (χ1) is 9.43. The molecule has 0 aliphatic heterocycles. The minimum absolute atomic E-state index is 0.189. The van der Waals surface area contributed by atoms with Crippen molar-refractivity contribution in [1.82, 2.24) is 9.99 Å². The van der Waals surface area contributed by atoms with Gasteiger partial charge in [0.25, 0.3) is 0 Å². The largest absolute Gasteiger partial charge is 0.468 e. The van der Waals surface area contributed by atoms with Crippen molar-refractivity contribution >= 4 is 29.2 Å². The van der Waals surface area contributed by atoms with Crippen LogP contribution in [0.4, 0.5) is 0 Å². The number of rotatable bonds is 5. The third-order valence-corrected chi connectivity index (χ3v) is 2.55. The van der Waals surface area contributed by atoms with E-state index in [0.29, 0.717) is 22.3 Å². The summed E-state index contributed by atoms with van der Waals surface area (Å²) in [7, 11) is 2.99. The molecule has 1 rings (SSSR count). The van der Waals surface area contributed by atoms with Crippen LogP contribution in [0.25, 0.3) is 5.70 Å². The third-order valence-electron chi connectivity index (χ3n) is 2.33. The van der Waals surface area contributed by atoms with Gasteiger partial charge in [0.1, 0.15) is 0 Å². The Morgan fingerprint density at radius 3 is 2.80 bits per heavy atom. The van der Waals surface area contributed by atoms with Gasteiger partial charge in [-0.1, -0.05) is 18.2 Å². The maximum Gasteiger partial charge on any atom is 0.343 e. The Balaban J connectivity index is 2.64. The maximum absolute atomic E-state index is 10.9. The molecule has 108 valence electrons. The first kappa shape index (κ1) is 16.0. The fourth-order valence-electron chi connectivity index (χ4n) is 1.24. The highest BCUT2D eigenvalue weighted by Gasteiger charge is 2.07. The molecule has 0 atom stereocenters. The first-order valence-corrected chi connectivity index (χ1v) is 6.11. The van der Waals surface area contributed by atoms with Gasteiger partial charge < -0.3 is 9.47 Å². The second kappa shape index (κ2) is 7.49. The van der Waals surface area contributed by atoms with Gasteiger partial charge in [-0.25, -0.2) is 4.79 Å². The Bertz CT molecular complexity index is 514. The highest BCUT2D eigenvalue weighted by Crippen LogP contribution is 2.15. The average Bonchev–Trinajstić information content (AvgIpc) is 2.44. The summed E-state index contributed by atoms with van der Waals surface area (Å²) < 4.78 is 9.58. The van der Waals surface area contributed by atoms with Gasteiger partial charge in [0, 0.05) is 20.2 Å². The topological polar surface area (TPSA) is 64.0 Å². The van der Waals surface area contributed by atoms with Gasteiger partial charge in [-0.2, -0.15) is 0 Å². The van der Waals surface area contributed by atoms with Crippen LogP contribution in [0.1, 0.15) is 12.6 Å². The number of methoxy groups -OCH3 is 1. The SMILES string of the molecule is C=C(c1ccc(Cl)cn1)N(C)/N=C(\C)OCC(=O)OC. The molecule has 1 heterocycles. The lowest BCUT2D eigenvalue weighted by molar-refractivity contribution is -0.143. The van der Waals surface area contributed by atoms with Gasteiger partial charge in [0.2, 0.25) is 5.90 Å². The minimum atomic E-state index is -0.472. The lowest BCUT2D eigenvalue weighted by atomic mass is 10.3. The molecule has 0 spiro atoms. The summed E-state index contributed by atoms with van der Waals surface area (Å²) in [5.74, 6) is -0.159. The second-order valence-electron chi connectivity index (χ2n) is 3.82. The van der Waals surface area contributed by atoms with E-state index in [1.807, 2.05) is 0 Å². The normalized spacial score (nSPS) is 10.9. The van der Waals surface area contributed by atoms with Crippen LogP contribution in [0.5, 0.6) is 0 Å². The van der Waals surface area contributed by atoms with Crippen molar-refractivity contribution in [2.45, 2.75) is 6.92 Å². The molecular formula is C13H16ClN3O3. The molecule has 0 aromatic carbocycles. The summed E-state index contributed by atoms with van der Waals surface area (Å²) >= 11 is 5.77. The lowest BCUT2D eigenvalue weighted by Crippen LogP contribution is -2.17. The predicted octanol–water partition coefficient (Wildman–Crippen LogP) is 2.16. The van der Waals surface area contributed by atoms with Gasteiger partial charge in [0.05, 0.1) is 23.5 Å². The van der Waals surface area contributed by atoms with Crippen molar-refractivity contribution in [3.8, 4) is 0 Å². The summed E-state index contributed by atoms with van der Waals surface area (Å²) in [4.78, 5) is 15.1. The van der Waals surface area contributed by atoms with Crippen LogP contribution in [0, 0.1) is 0 Å². The highest BCUT2D eigenvalue weighted by atomic mass is 35.5. The molecule has 0 bridgehead atoms. The Morgan fingerprint density at radius 2 is 2.25 bits per heavy atom. The van der Waals surface area contributed by atoms with Crippen LogP contribution >= 0.6 is 11.6 Å². The molecule has 0 aliphatic rings. The molecule has 0 unspecified atom stereocenters. The Hall–Kier alpha value is -2.08. The molecule has 7 heteroatoms. The van der Waals surface area contributed by atoms with Crippen LogP contribution in [0.2, 0.25) is 5.02 Å². The number of hydrogen-bond donors (Lipinski definition) is 0. The molecule has 0 radical (unpaired) electrons. The summed E-state index contributed by atoms with van der Waals surface area (Å²) in [6.45, 7) is 5.32. The summed E-state index contributed by atoms with van der Waals surface area (Å²) in [5.41, 5.74) is 1.21. The Morgan fingerprint density at radius 1 is 1.55 bits per heavy atom. The number of pyridine rings is 1. The average molecular weight is 298 g/mol. The van der Waals surface area contributed by atoms with E-state index < -0.39 is 5.97 Å². The van der Waals surface area contributed by atoms with Crippen LogP contribution < -0.4 is 0 Å². The first-order valence-electron chi connectivity index (χ1n) is 5.73. The molecule has 0 amide bonds. The van der Waals surface area contributed by atoms with Gasteiger partial charge in [0.15, 0.2) is 6.61 Å². The van der Waals surface area contributed by atoms with Gasteiger partial charge in [-0.05, 0) is 12.1 Å². The van der Waals surface area contributed by atoms with Crippen molar-refractivity contribution in [3.05, 3.63) is 35.6 Å². The van der Waals surface area contributed by atoms with E-state index >= 15 is 0 Å². The number of carbonyl (C=O) groups excluding carboxylic acids is 1. The van der Waals surface area contributed by atoms with E-state index in [1.165, 1.54) is 18.3 Å². The Kier molecular flexibility index (Phi) is 5.99. The number of halogens is 1. The zero-order valence-electron chi connectivity index (χ0n) is 11.6. The van der Waals surface area contributed by atoms with Crippen molar-refractivity contribution in [3.63, 3.8) is 0 Å². The molecule has 0 saturated heterocycles. The number of hydrogen-bond acceptors (Lipinski definition) is 6. The number of hydrazone groups is 1. The smallest absolute Gasteiger partial charge is 0.343 e. The number of aromatic nitrogens is 1. The number of esters is 1. The molecule has 0 fully saturated rings. The van der Waals surface area contributed by atoms with Crippen LogP contribution in [0.15, 0.2) is 30.0 Å². The third kappa shape index (κ3) is 4.89. The highest BCUT2D eigenvalue weighted by molar-refractivity contribution is 6.30. The van der Waals surface area contributed by atoms with E-state index in [4.69, 9.17) is 16.3 Å². The van der Waals surface area contributed by atoms with Crippen molar-refractivity contribution < 1.29 is 14.3 Å². The molecule has 6 nitrogen and oxygen atoms in total. The van der Waals surface area contributed by atoms with Crippen LogP contribution in [-0.2, 0) is 14.3 Å². The van der Waals surface area contributed by atoms with E-state index in [2.05, 4.69) is 21.4 Å². The molecule has 0 aliphatic carbocycles. The molecule has 20 heavy (non-hydrogen) atoms. The molecule has 1 aromatic heterocycles. The van der Waals surface area contributed by atoms with Crippen molar-refractivity contribution in [2.24, 2.45) is 5.10 Å². The maximum atomic E-state index is 10.9. The van der Waals surface area contributed by atoms with E-state index in [0.717, 1.165) is 0 Å². The van der Waals surface area contributed by atoms with E-state index in [9.17, 15) is 4.79 Å². The molecule has 0 saturated carbocycles. The van der Waals surface area contributed by atoms with Gasteiger partial charge >= 0.3 is 5.97 Å². The fourth-order valence-corrected chi connectivity index (χ4v) is 1.35. The van der Waals surface area contributed by atoms with E-state index in [1.54, 1.807) is 26.1 Å². The molecular weight excluding hydrogens is 282 g/mol. The summed E-state index contributed by atoms with van der Waals surface area (Å²) in [5, 5.41) is 6.18. The predicted molar refractivity (Wildman–Crippen MR) is 77.1 cm³/mol. The van der Waals surface area contributed by atoms with Crippen LogP contribution in [0.3, 0.4) is 0 Å². The summed E-state index contributed by atoms with van der Waals surface area (Å²) in [6, 6.07) is 3.45. The molecule has 0 N–H and O–H groups in total. The monoisotopic (exact) mass is 297 g/mol. The van der Waals surface area contributed by atoms with Gasteiger partial charge in [-0.3, -0.25) is 9.99 Å². The quantitative estimate of drug-likeness (QED) is 0.361.